The zero-order chi connectivity index (χ0) is 11.5. The van der Waals surface area contributed by atoms with E-state index in [1.807, 2.05) is 36.4 Å². The molecule has 1 amide bonds. The molecule has 0 saturated carbocycles. The Labute approximate surface area is 93.6 Å². The minimum absolute atomic E-state index is 0.227. The Kier molecular flexibility index (Phi) is 2.60. The number of nitrogens with two attached hydrogens (primary N) is 1. The number of amides is 1. The van der Waals surface area contributed by atoms with Gasteiger partial charge in [-0.05, 0) is 18.2 Å². The van der Waals surface area contributed by atoms with Gasteiger partial charge in [0.15, 0.2) is 0 Å². The summed E-state index contributed by atoms with van der Waals surface area (Å²) in [7, 11) is 0. The van der Waals surface area contributed by atoms with Gasteiger partial charge in [0.05, 0.1) is 0 Å². The number of nitrogen functional groups attached to an aromatic ring is 1. The first-order valence-electron chi connectivity index (χ1n) is 4.93. The fourth-order valence-electron chi connectivity index (χ4n) is 1.63. The minimum Gasteiger partial charge on any atom is -0.398 e. The van der Waals surface area contributed by atoms with Crippen LogP contribution < -0.4 is 11.1 Å². The Morgan fingerprint density at radius 1 is 1.19 bits per heavy atom. The van der Waals surface area contributed by atoms with E-state index in [0.717, 1.165) is 16.5 Å². The number of benzene rings is 2. The predicted molar refractivity (Wildman–Crippen MR) is 67.2 cm³/mol. The van der Waals surface area contributed by atoms with E-state index in [0.29, 0.717) is 5.69 Å². The lowest BCUT2D eigenvalue weighted by Crippen LogP contribution is -2.07. The van der Waals surface area contributed by atoms with E-state index in [9.17, 15) is 4.79 Å². The van der Waals surface area contributed by atoms with Gasteiger partial charge in [0.1, 0.15) is 0 Å². The van der Waals surface area contributed by atoms with E-state index < -0.39 is 0 Å². The summed E-state index contributed by atoms with van der Waals surface area (Å²) in [5, 5.41) is 4.61. The van der Waals surface area contributed by atoms with Crippen molar-refractivity contribution in [2.75, 3.05) is 11.1 Å². The smallest absolute Gasteiger partial charge is 0.247 e. The second-order valence-electron chi connectivity index (χ2n) is 3.44. The van der Waals surface area contributed by atoms with Crippen LogP contribution in [0.2, 0.25) is 0 Å². The lowest BCUT2D eigenvalue weighted by molar-refractivity contribution is -0.111. The van der Waals surface area contributed by atoms with Gasteiger partial charge in [0.25, 0.3) is 0 Å². The SMILES string of the molecule is C=CC(=O)Nc1cccc2c(N)cccc12. The van der Waals surface area contributed by atoms with Gasteiger partial charge in [-0.25, -0.2) is 0 Å². The van der Waals surface area contributed by atoms with Crippen LogP contribution in [0.1, 0.15) is 0 Å². The number of hydrogen-bond acceptors (Lipinski definition) is 2. The molecule has 3 heteroatoms. The lowest BCUT2D eigenvalue weighted by atomic mass is 10.1. The third-order valence-corrected chi connectivity index (χ3v) is 2.40. The maximum Gasteiger partial charge on any atom is 0.247 e. The summed E-state index contributed by atoms with van der Waals surface area (Å²) in [6, 6.07) is 11.2. The van der Waals surface area contributed by atoms with E-state index in [2.05, 4.69) is 11.9 Å². The highest BCUT2D eigenvalue weighted by Crippen LogP contribution is 2.27. The van der Waals surface area contributed by atoms with Crippen molar-refractivity contribution in [3.8, 4) is 0 Å². The van der Waals surface area contributed by atoms with Crippen molar-refractivity contribution < 1.29 is 4.79 Å². The maximum absolute atomic E-state index is 11.2. The molecule has 2 aromatic rings. The van der Waals surface area contributed by atoms with Crippen molar-refractivity contribution in [3.05, 3.63) is 49.1 Å². The van der Waals surface area contributed by atoms with E-state index >= 15 is 0 Å². The van der Waals surface area contributed by atoms with E-state index in [4.69, 9.17) is 5.73 Å². The zero-order valence-corrected chi connectivity index (χ0v) is 8.73. The Morgan fingerprint density at radius 2 is 1.88 bits per heavy atom. The van der Waals surface area contributed by atoms with Gasteiger partial charge in [-0.3, -0.25) is 4.79 Å². The number of rotatable bonds is 2. The van der Waals surface area contributed by atoms with Crippen LogP contribution in [0.4, 0.5) is 11.4 Å². The van der Waals surface area contributed by atoms with Gasteiger partial charge < -0.3 is 11.1 Å². The highest BCUT2D eigenvalue weighted by atomic mass is 16.1. The van der Waals surface area contributed by atoms with Gasteiger partial charge in [0, 0.05) is 22.1 Å². The van der Waals surface area contributed by atoms with Crippen molar-refractivity contribution in [2.45, 2.75) is 0 Å². The zero-order valence-electron chi connectivity index (χ0n) is 8.73. The molecule has 3 nitrogen and oxygen atoms in total. The molecule has 2 rings (SSSR count). The Balaban J connectivity index is 2.58. The summed E-state index contributed by atoms with van der Waals surface area (Å²) >= 11 is 0. The molecule has 0 aliphatic heterocycles. The lowest BCUT2D eigenvalue weighted by Gasteiger charge is -2.08. The first-order valence-corrected chi connectivity index (χ1v) is 4.93. The van der Waals surface area contributed by atoms with Crippen LogP contribution in [0, 0.1) is 0 Å². The second kappa shape index (κ2) is 4.06. The molecule has 0 aliphatic rings. The van der Waals surface area contributed by atoms with E-state index in [1.165, 1.54) is 6.08 Å². The number of carbonyl (C=O) groups is 1. The van der Waals surface area contributed by atoms with Crippen molar-refractivity contribution in [3.63, 3.8) is 0 Å². The molecule has 80 valence electrons. The highest BCUT2D eigenvalue weighted by Gasteiger charge is 2.04. The molecule has 0 aliphatic carbocycles. The molecular weight excluding hydrogens is 200 g/mol. The molecule has 0 saturated heterocycles. The largest absolute Gasteiger partial charge is 0.398 e. The second-order valence-corrected chi connectivity index (χ2v) is 3.44. The quantitative estimate of drug-likeness (QED) is 0.593. The van der Waals surface area contributed by atoms with Crippen LogP contribution in [0.3, 0.4) is 0 Å². The summed E-state index contributed by atoms with van der Waals surface area (Å²) < 4.78 is 0. The Bertz CT molecular complexity index is 561. The van der Waals surface area contributed by atoms with Crippen LogP contribution >= 0.6 is 0 Å². The van der Waals surface area contributed by atoms with Gasteiger partial charge in [0.2, 0.25) is 5.91 Å². The number of nitrogens with one attached hydrogen (secondary N) is 1. The number of anilines is 2. The summed E-state index contributed by atoms with van der Waals surface area (Å²) in [6.07, 6.45) is 1.24. The summed E-state index contributed by atoms with van der Waals surface area (Å²) in [6.45, 7) is 3.42. The fourth-order valence-corrected chi connectivity index (χ4v) is 1.63. The standard InChI is InChI=1S/C13H12N2O/c1-2-13(16)15-12-8-4-5-9-10(12)6-3-7-11(9)14/h2-8H,1,14H2,(H,15,16). The topological polar surface area (TPSA) is 55.1 Å². The van der Waals surface area contributed by atoms with Crippen LogP contribution in [0.25, 0.3) is 10.8 Å². The fraction of sp³-hybridized carbons (Fsp3) is 0. The Morgan fingerprint density at radius 3 is 2.62 bits per heavy atom. The molecule has 16 heavy (non-hydrogen) atoms. The van der Waals surface area contributed by atoms with Crippen molar-refractivity contribution in [1.82, 2.24) is 0 Å². The third-order valence-electron chi connectivity index (χ3n) is 2.40. The van der Waals surface area contributed by atoms with Crippen molar-refractivity contribution in [1.29, 1.82) is 0 Å². The normalized spacial score (nSPS) is 10.0. The average Bonchev–Trinajstić information content (AvgIpc) is 2.30. The van der Waals surface area contributed by atoms with Gasteiger partial charge in [-0.1, -0.05) is 30.8 Å². The van der Waals surface area contributed by atoms with Gasteiger partial charge in [-0.2, -0.15) is 0 Å². The molecule has 2 aromatic carbocycles. The number of carbonyl (C=O) groups excluding carboxylic acids is 1. The Hall–Kier alpha value is -2.29. The van der Waals surface area contributed by atoms with Crippen molar-refractivity contribution >= 4 is 28.1 Å². The first-order chi connectivity index (χ1) is 7.72. The number of fused-ring (bicyclic) bond motifs is 1. The summed E-state index contributed by atoms with van der Waals surface area (Å²) in [5.74, 6) is -0.227. The van der Waals surface area contributed by atoms with Gasteiger partial charge >= 0.3 is 0 Å². The molecule has 3 N–H and O–H groups in total. The van der Waals surface area contributed by atoms with Crippen LogP contribution in [0.5, 0.6) is 0 Å². The molecule has 0 fully saturated rings. The molecule has 0 aromatic heterocycles. The van der Waals surface area contributed by atoms with Crippen LogP contribution in [-0.2, 0) is 4.79 Å². The van der Waals surface area contributed by atoms with Gasteiger partial charge in [-0.15, -0.1) is 0 Å². The molecule has 0 heterocycles. The third kappa shape index (κ3) is 1.75. The first kappa shape index (κ1) is 10.2. The molecule has 0 atom stereocenters. The summed E-state index contributed by atoms with van der Waals surface area (Å²) in [5.41, 5.74) is 7.30. The monoisotopic (exact) mass is 212 g/mol. The molecule has 0 spiro atoms. The minimum atomic E-state index is -0.227. The number of hydrogen-bond donors (Lipinski definition) is 2. The molecule has 0 unspecified atom stereocenters. The van der Waals surface area contributed by atoms with E-state index in [1.54, 1.807) is 0 Å². The maximum atomic E-state index is 11.2. The van der Waals surface area contributed by atoms with Crippen molar-refractivity contribution in [2.24, 2.45) is 0 Å². The average molecular weight is 212 g/mol. The highest BCUT2D eigenvalue weighted by molar-refractivity contribution is 6.08. The van der Waals surface area contributed by atoms with Crippen LogP contribution in [-0.4, -0.2) is 5.91 Å². The van der Waals surface area contributed by atoms with Crippen LogP contribution in [0.15, 0.2) is 49.1 Å². The van der Waals surface area contributed by atoms with E-state index in [-0.39, 0.29) is 5.91 Å². The predicted octanol–water partition coefficient (Wildman–Crippen LogP) is 2.55. The molecule has 0 radical (unpaired) electrons. The molecule has 0 bridgehead atoms. The summed E-state index contributed by atoms with van der Waals surface area (Å²) in [4.78, 5) is 11.2. The molecular formula is C13H12N2O.